The number of hydrogen-bond acceptors (Lipinski definition) is 4. The molecule has 1 N–H and O–H groups in total. The number of anilines is 2. The van der Waals surface area contributed by atoms with Crippen molar-refractivity contribution in [3.05, 3.63) is 24.3 Å². The molecule has 1 amide bonds. The number of benzene rings is 1. The van der Waals surface area contributed by atoms with Crippen LogP contribution in [0.15, 0.2) is 24.3 Å². The van der Waals surface area contributed by atoms with Gasteiger partial charge in [-0.2, -0.15) is 0 Å². The quantitative estimate of drug-likeness (QED) is 0.902. The van der Waals surface area contributed by atoms with Crippen molar-refractivity contribution in [3.8, 4) is 0 Å². The number of methoxy groups -OCH3 is 1. The monoisotopic (exact) mass is 305 g/mol. The van der Waals surface area contributed by atoms with Crippen LogP contribution in [0.1, 0.15) is 20.3 Å². The molecule has 5 heteroatoms. The molecule has 0 aromatic heterocycles. The Morgan fingerprint density at radius 1 is 1.41 bits per heavy atom. The summed E-state index contributed by atoms with van der Waals surface area (Å²) < 4.78 is 5.07. The van der Waals surface area contributed by atoms with Gasteiger partial charge in [0.2, 0.25) is 5.91 Å². The van der Waals surface area contributed by atoms with Gasteiger partial charge in [0.1, 0.15) is 0 Å². The molecule has 0 spiro atoms. The van der Waals surface area contributed by atoms with E-state index in [4.69, 9.17) is 4.74 Å². The minimum Gasteiger partial charge on any atom is -0.383 e. The van der Waals surface area contributed by atoms with E-state index < -0.39 is 0 Å². The molecule has 0 bridgehead atoms. The maximum absolute atomic E-state index is 12.3. The lowest BCUT2D eigenvalue weighted by Crippen LogP contribution is -2.45. The van der Waals surface area contributed by atoms with E-state index in [2.05, 4.69) is 41.2 Å². The van der Waals surface area contributed by atoms with Crippen LogP contribution in [0, 0.1) is 0 Å². The highest BCUT2D eigenvalue weighted by molar-refractivity contribution is 5.84. The summed E-state index contributed by atoms with van der Waals surface area (Å²) in [6.07, 6.45) is 1.03. The summed E-state index contributed by atoms with van der Waals surface area (Å²) in [4.78, 5) is 16.8. The number of hydrogen-bond donors (Lipinski definition) is 1. The number of carbonyl (C=O) groups excluding carboxylic acids is 1. The fourth-order valence-corrected chi connectivity index (χ4v) is 2.93. The molecule has 1 aliphatic rings. The second-order valence-corrected chi connectivity index (χ2v) is 6.10. The Morgan fingerprint density at radius 2 is 2.09 bits per heavy atom. The lowest BCUT2D eigenvalue weighted by Gasteiger charge is -2.30. The van der Waals surface area contributed by atoms with Crippen LogP contribution < -0.4 is 15.1 Å². The molecule has 0 aliphatic carbocycles. The zero-order valence-corrected chi connectivity index (χ0v) is 14.0. The minimum atomic E-state index is 0.0256. The second-order valence-electron chi connectivity index (χ2n) is 6.10. The third-order valence-corrected chi connectivity index (χ3v) is 4.15. The molecule has 122 valence electrons. The van der Waals surface area contributed by atoms with Crippen molar-refractivity contribution in [2.45, 2.75) is 32.4 Å². The summed E-state index contributed by atoms with van der Waals surface area (Å²) in [5, 5.41) is 2.99. The topological polar surface area (TPSA) is 44.8 Å². The first-order valence-electron chi connectivity index (χ1n) is 7.88. The van der Waals surface area contributed by atoms with Crippen molar-refractivity contribution in [2.24, 2.45) is 0 Å². The van der Waals surface area contributed by atoms with Crippen molar-refractivity contribution in [1.29, 1.82) is 0 Å². The van der Waals surface area contributed by atoms with Gasteiger partial charge in [0, 0.05) is 32.8 Å². The van der Waals surface area contributed by atoms with E-state index in [1.165, 1.54) is 5.69 Å². The van der Waals surface area contributed by atoms with Crippen LogP contribution in [0.5, 0.6) is 0 Å². The fraction of sp³-hybridized carbons (Fsp3) is 0.588. The number of ether oxygens (including phenoxy) is 1. The summed E-state index contributed by atoms with van der Waals surface area (Å²) in [6, 6.07) is 8.64. The highest BCUT2D eigenvalue weighted by Crippen LogP contribution is 2.33. The van der Waals surface area contributed by atoms with Gasteiger partial charge in [0.25, 0.3) is 0 Å². The number of amides is 1. The van der Waals surface area contributed by atoms with E-state index in [1.54, 1.807) is 7.11 Å². The van der Waals surface area contributed by atoms with E-state index >= 15 is 0 Å². The van der Waals surface area contributed by atoms with Gasteiger partial charge in [-0.05, 0) is 32.4 Å². The van der Waals surface area contributed by atoms with Crippen LogP contribution in [-0.4, -0.2) is 51.8 Å². The van der Waals surface area contributed by atoms with Crippen molar-refractivity contribution >= 4 is 17.3 Å². The number of rotatable bonds is 5. The first kappa shape index (κ1) is 16.6. The SMILES string of the molecule is COC[C@@H](C)NC(=O)CN1c2ccccc2N(C)CC[C@@H]1C. The molecule has 0 saturated carbocycles. The van der Waals surface area contributed by atoms with Crippen LogP contribution in [-0.2, 0) is 9.53 Å². The molecule has 0 radical (unpaired) electrons. The second kappa shape index (κ2) is 7.49. The summed E-state index contributed by atoms with van der Waals surface area (Å²) in [6.45, 7) is 6.04. The van der Waals surface area contributed by atoms with Gasteiger partial charge in [-0.15, -0.1) is 0 Å². The fourth-order valence-electron chi connectivity index (χ4n) is 2.93. The Balaban J connectivity index is 2.14. The zero-order valence-electron chi connectivity index (χ0n) is 14.0. The Bertz CT molecular complexity index is 506. The molecule has 1 aromatic rings. The summed E-state index contributed by atoms with van der Waals surface area (Å²) >= 11 is 0. The predicted octanol–water partition coefficient (Wildman–Crippen LogP) is 1.87. The van der Waals surface area contributed by atoms with E-state index in [1.807, 2.05) is 19.1 Å². The zero-order chi connectivity index (χ0) is 16.1. The van der Waals surface area contributed by atoms with Gasteiger partial charge in [-0.1, -0.05) is 12.1 Å². The first-order chi connectivity index (χ1) is 10.5. The Kier molecular flexibility index (Phi) is 5.66. The first-order valence-corrected chi connectivity index (χ1v) is 7.88. The Morgan fingerprint density at radius 3 is 2.77 bits per heavy atom. The molecule has 0 fully saturated rings. The van der Waals surface area contributed by atoms with Crippen LogP contribution in [0.4, 0.5) is 11.4 Å². The van der Waals surface area contributed by atoms with Crippen LogP contribution in [0.2, 0.25) is 0 Å². The van der Waals surface area contributed by atoms with Gasteiger partial charge in [0.15, 0.2) is 0 Å². The van der Waals surface area contributed by atoms with Gasteiger partial charge in [-0.25, -0.2) is 0 Å². The Hall–Kier alpha value is -1.75. The molecular formula is C17H27N3O2. The van der Waals surface area contributed by atoms with Crippen molar-refractivity contribution < 1.29 is 9.53 Å². The van der Waals surface area contributed by atoms with E-state index in [-0.39, 0.29) is 11.9 Å². The van der Waals surface area contributed by atoms with Crippen molar-refractivity contribution in [1.82, 2.24) is 5.32 Å². The molecule has 0 saturated heterocycles. The molecule has 1 heterocycles. The third kappa shape index (κ3) is 3.91. The molecular weight excluding hydrogens is 278 g/mol. The van der Waals surface area contributed by atoms with Gasteiger partial charge >= 0.3 is 0 Å². The number of fused-ring (bicyclic) bond motifs is 1. The van der Waals surface area contributed by atoms with E-state index in [9.17, 15) is 4.79 Å². The lowest BCUT2D eigenvalue weighted by atomic mass is 10.2. The Labute approximate surface area is 133 Å². The number of carbonyl (C=O) groups is 1. The van der Waals surface area contributed by atoms with Gasteiger partial charge < -0.3 is 19.9 Å². The van der Waals surface area contributed by atoms with Crippen molar-refractivity contribution in [2.75, 3.05) is 43.7 Å². The van der Waals surface area contributed by atoms with Gasteiger partial charge in [-0.3, -0.25) is 4.79 Å². The normalized spacial score (nSPS) is 19.4. The number of para-hydroxylation sites is 2. The van der Waals surface area contributed by atoms with Crippen LogP contribution >= 0.6 is 0 Å². The number of nitrogens with one attached hydrogen (secondary N) is 1. The molecule has 22 heavy (non-hydrogen) atoms. The smallest absolute Gasteiger partial charge is 0.239 e. The van der Waals surface area contributed by atoms with Crippen molar-refractivity contribution in [3.63, 3.8) is 0 Å². The maximum atomic E-state index is 12.3. The van der Waals surface area contributed by atoms with Gasteiger partial charge in [0.05, 0.1) is 24.5 Å². The standard InChI is InChI=1S/C17H27N3O2/c1-13(12-22-4)18-17(21)11-20-14(2)9-10-19(3)15-7-5-6-8-16(15)20/h5-8,13-14H,9-12H2,1-4H3,(H,18,21)/t13-,14+/m1/s1. The average Bonchev–Trinajstić information content (AvgIpc) is 2.60. The lowest BCUT2D eigenvalue weighted by molar-refractivity contribution is -0.120. The minimum absolute atomic E-state index is 0.0256. The third-order valence-electron chi connectivity index (χ3n) is 4.15. The maximum Gasteiger partial charge on any atom is 0.239 e. The average molecular weight is 305 g/mol. The summed E-state index contributed by atoms with van der Waals surface area (Å²) in [7, 11) is 3.75. The highest BCUT2D eigenvalue weighted by atomic mass is 16.5. The molecule has 5 nitrogen and oxygen atoms in total. The molecule has 0 unspecified atom stereocenters. The van der Waals surface area contributed by atoms with E-state index in [0.717, 1.165) is 18.7 Å². The van der Waals surface area contributed by atoms with Crippen LogP contribution in [0.25, 0.3) is 0 Å². The predicted molar refractivity (Wildman–Crippen MR) is 90.6 cm³/mol. The number of nitrogens with zero attached hydrogens (tertiary/aromatic N) is 2. The molecule has 2 rings (SSSR count). The molecule has 1 aromatic carbocycles. The molecule has 2 atom stereocenters. The highest BCUT2D eigenvalue weighted by Gasteiger charge is 2.25. The summed E-state index contributed by atoms with van der Waals surface area (Å²) in [5.74, 6) is 0.0377. The summed E-state index contributed by atoms with van der Waals surface area (Å²) in [5.41, 5.74) is 2.31. The van der Waals surface area contributed by atoms with Crippen LogP contribution in [0.3, 0.4) is 0 Å². The van der Waals surface area contributed by atoms with E-state index in [0.29, 0.717) is 19.2 Å². The molecule has 1 aliphatic heterocycles. The largest absolute Gasteiger partial charge is 0.383 e.